The summed E-state index contributed by atoms with van der Waals surface area (Å²) in [5.41, 5.74) is 5.30. The summed E-state index contributed by atoms with van der Waals surface area (Å²) in [5, 5.41) is 2.73. The largest absolute Gasteiger partial charge is 0.355 e. The lowest BCUT2D eigenvalue weighted by molar-refractivity contribution is -0.121. The number of amides is 1. The molecule has 0 heterocycles. The molecule has 0 aliphatic rings. The van der Waals surface area contributed by atoms with Crippen LogP contribution in [-0.4, -0.2) is 34.7 Å². The van der Waals surface area contributed by atoms with Crippen LogP contribution in [0.3, 0.4) is 0 Å². The maximum atomic E-state index is 11.1. The Kier molecular flexibility index (Phi) is 8.87. The first kappa shape index (κ1) is 13.6. The minimum Gasteiger partial charge on any atom is -0.355 e. The Balaban J connectivity index is 3.31. The van der Waals surface area contributed by atoms with Crippen molar-refractivity contribution in [3.05, 3.63) is 0 Å². The van der Waals surface area contributed by atoms with Gasteiger partial charge in [-0.05, 0) is 19.4 Å². The van der Waals surface area contributed by atoms with Gasteiger partial charge in [-0.25, -0.2) is 0 Å². The van der Waals surface area contributed by atoms with Gasteiger partial charge in [-0.3, -0.25) is 9.00 Å². The average molecular weight is 220 g/mol. The van der Waals surface area contributed by atoms with Gasteiger partial charge in [0.25, 0.3) is 0 Å². The van der Waals surface area contributed by atoms with Crippen LogP contribution in [0, 0.1) is 0 Å². The SMILES string of the molecule is CCS(=O)CCNC(=O)CCCCN. The van der Waals surface area contributed by atoms with E-state index in [9.17, 15) is 9.00 Å². The molecule has 3 N–H and O–H groups in total. The van der Waals surface area contributed by atoms with E-state index in [0.29, 0.717) is 31.0 Å². The molecule has 1 unspecified atom stereocenters. The van der Waals surface area contributed by atoms with Crippen molar-refractivity contribution in [1.29, 1.82) is 0 Å². The minimum atomic E-state index is -0.785. The van der Waals surface area contributed by atoms with E-state index in [1.54, 1.807) is 0 Å². The van der Waals surface area contributed by atoms with E-state index in [4.69, 9.17) is 5.73 Å². The molecule has 0 aliphatic heterocycles. The minimum absolute atomic E-state index is 0.0338. The predicted molar refractivity (Wildman–Crippen MR) is 59.5 cm³/mol. The molecule has 0 aromatic heterocycles. The summed E-state index contributed by atoms with van der Waals surface area (Å²) in [6.45, 7) is 3.02. The van der Waals surface area contributed by atoms with Gasteiger partial charge in [0.1, 0.15) is 0 Å². The van der Waals surface area contributed by atoms with Gasteiger partial charge in [0.15, 0.2) is 0 Å². The summed E-state index contributed by atoms with van der Waals surface area (Å²) >= 11 is 0. The van der Waals surface area contributed by atoms with E-state index in [2.05, 4.69) is 5.32 Å². The molecule has 0 aromatic carbocycles. The van der Waals surface area contributed by atoms with Crippen molar-refractivity contribution in [2.75, 3.05) is 24.6 Å². The van der Waals surface area contributed by atoms with E-state index >= 15 is 0 Å². The van der Waals surface area contributed by atoms with Crippen molar-refractivity contribution in [2.24, 2.45) is 5.73 Å². The molecule has 0 fully saturated rings. The van der Waals surface area contributed by atoms with Crippen LogP contribution >= 0.6 is 0 Å². The fourth-order valence-corrected chi connectivity index (χ4v) is 1.59. The summed E-state index contributed by atoms with van der Waals surface area (Å²) in [7, 11) is -0.785. The first-order valence-electron chi connectivity index (χ1n) is 5.02. The fraction of sp³-hybridized carbons (Fsp3) is 0.889. The quantitative estimate of drug-likeness (QED) is 0.566. The highest BCUT2D eigenvalue weighted by Crippen LogP contribution is 1.92. The van der Waals surface area contributed by atoms with Crippen molar-refractivity contribution in [1.82, 2.24) is 5.32 Å². The van der Waals surface area contributed by atoms with Crippen molar-refractivity contribution < 1.29 is 9.00 Å². The number of unbranched alkanes of at least 4 members (excludes halogenated alkanes) is 1. The normalized spacial score (nSPS) is 12.4. The number of carbonyl (C=O) groups excluding carboxylic acids is 1. The Morgan fingerprint density at radius 2 is 2.14 bits per heavy atom. The highest BCUT2D eigenvalue weighted by Gasteiger charge is 2.01. The Hall–Kier alpha value is -0.420. The summed E-state index contributed by atoms with van der Waals surface area (Å²) < 4.78 is 11.0. The number of hydrogen-bond donors (Lipinski definition) is 2. The molecule has 84 valence electrons. The molecule has 0 radical (unpaired) electrons. The van der Waals surface area contributed by atoms with Gasteiger partial charge in [-0.2, -0.15) is 0 Å². The van der Waals surface area contributed by atoms with Gasteiger partial charge < -0.3 is 11.1 Å². The van der Waals surface area contributed by atoms with Crippen LogP contribution in [0.1, 0.15) is 26.2 Å². The molecule has 4 nitrogen and oxygen atoms in total. The number of nitrogens with two attached hydrogens (primary N) is 1. The molecular formula is C9H20N2O2S. The second-order valence-electron chi connectivity index (χ2n) is 3.03. The molecule has 0 aliphatic carbocycles. The highest BCUT2D eigenvalue weighted by molar-refractivity contribution is 7.84. The zero-order valence-corrected chi connectivity index (χ0v) is 9.57. The maximum absolute atomic E-state index is 11.1. The van der Waals surface area contributed by atoms with Crippen LogP contribution in [0.25, 0.3) is 0 Å². The molecule has 1 atom stereocenters. The van der Waals surface area contributed by atoms with E-state index in [0.717, 1.165) is 12.8 Å². The summed E-state index contributed by atoms with van der Waals surface area (Å²) in [4.78, 5) is 11.1. The highest BCUT2D eigenvalue weighted by atomic mass is 32.2. The van der Waals surface area contributed by atoms with Gasteiger partial charge in [-0.1, -0.05) is 6.92 Å². The van der Waals surface area contributed by atoms with Crippen LogP contribution in [0.15, 0.2) is 0 Å². The first-order valence-corrected chi connectivity index (χ1v) is 6.51. The third-order valence-electron chi connectivity index (χ3n) is 1.83. The lowest BCUT2D eigenvalue weighted by Crippen LogP contribution is -2.27. The third-order valence-corrected chi connectivity index (χ3v) is 3.14. The molecule has 0 saturated heterocycles. The lowest BCUT2D eigenvalue weighted by Gasteiger charge is -2.03. The lowest BCUT2D eigenvalue weighted by atomic mass is 10.2. The predicted octanol–water partition coefficient (Wildman–Crippen LogP) is 0.000200. The Morgan fingerprint density at radius 1 is 1.43 bits per heavy atom. The van der Waals surface area contributed by atoms with Crippen molar-refractivity contribution >= 4 is 16.7 Å². The number of hydrogen-bond acceptors (Lipinski definition) is 3. The van der Waals surface area contributed by atoms with E-state index in [-0.39, 0.29) is 5.91 Å². The smallest absolute Gasteiger partial charge is 0.220 e. The van der Waals surface area contributed by atoms with Crippen LogP contribution in [0.4, 0.5) is 0 Å². The summed E-state index contributed by atoms with van der Waals surface area (Å²) in [6, 6.07) is 0. The summed E-state index contributed by atoms with van der Waals surface area (Å²) in [5.74, 6) is 1.24. The van der Waals surface area contributed by atoms with Crippen LogP contribution < -0.4 is 11.1 Å². The van der Waals surface area contributed by atoms with E-state index < -0.39 is 10.8 Å². The van der Waals surface area contributed by atoms with Crippen molar-refractivity contribution in [2.45, 2.75) is 26.2 Å². The summed E-state index contributed by atoms with van der Waals surface area (Å²) in [6.07, 6.45) is 2.24. The third kappa shape index (κ3) is 8.19. The van der Waals surface area contributed by atoms with Crippen molar-refractivity contribution in [3.63, 3.8) is 0 Å². The number of nitrogens with one attached hydrogen (secondary N) is 1. The zero-order valence-electron chi connectivity index (χ0n) is 8.75. The molecule has 0 aromatic rings. The molecule has 0 rings (SSSR count). The van der Waals surface area contributed by atoms with Crippen LogP contribution in [0.2, 0.25) is 0 Å². The van der Waals surface area contributed by atoms with E-state index in [1.165, 1.54) is 0 Å². The topological polar surface area (TPSA) is 72.2 Å². The second-order valence-corrected chi connectivity index (χ2v) is 4.89. The van der Waals surface area contributed by atoms with Gasteiger partial charge in [-0.15, -0.1) is 0 Å². The van der Waals surface area contributed by atoms with Gasteiger partial charge >= 0.3 is 0 Å². The Labute approximate surface area is 88.1 Å². The Bertz CT molecular complexity index is 186. The van der Waals surface area contributed by atoms with Gasteiger partial charge in [0.05, 0.1) is 0 Å². The number of rotatable bonds is 8. The Morgan fingerprint density at radius 3 is 2.71 bits per heavy atom. The van der Waals surface area contributed by atoms with Crippen LogP contribution in [-0.2, 0) is 15.6 Å². The molecule has 0 bridgehead atoms. The standard InChI is InChI=1S/C9H20N2O2S/c1-2-14(13)8-7-11-9(12)5-3-4-6-10/h2-8,10H2,1H3,(H,11,12). The molecular weight excluding hydrogens is 200 g/mol. The average Bonchev–Trinajstić information content (AvgIpc) is 2.18. The maximum Gasteiger partial charge on any atom is 0.220 e. The first-order chi connectivity index (χ1) is 6.70. The molecule has 1 amide bonds. The fourth-order valence-electron chi connectivity index (χ4n) is 0.967. The molecule has 14 heavy (non-hydrogen) atoms. The number of carbonyl (C=O) groups is 1. The monoisotopic (exact) mass is 220 g/mol. The van der Waals surface area contributed by atoms with Gasteiger partial charge in [0, 0.05) is 35.3 Å². The van der Waals surface area contributed by atoms with Gasteiger partial charge in [0.2, 0.25) is 5.91 Å². The molecule has 0 saturated carbocycles. The van der Waals surface area contributed by atoms with Crippen LogP contribution in [0.5, 0.6) is 0 Å². The van der Waals surface area contributed by atoms with E-state index in [1.807, 2.05) is 6.92 Å². The van der Waals surface area contributed by atoms with Crippen molar-refractivity contribution in [3.8, 4) is 0 Å². The molecule has 5 heteroatoms. The molecule has 0 spiro atoms. The zero-order chi connectivity index (χ0) is 10.8. The second kappa shape index (κ2) is 9.15.